The molecule has 3 rings (SSSR count). The molecule has 218 valence electrons. The topological polar surface area (TPSA) is 139 Å². The zero-order valence-corrected chi connectivity index (χ0v) is 24.6. The molecule has 0 radical (unpaired) electrons. The number of rotatable bonds is 12. The van der Waals surface area contributed by atoms with Gasteiger partial charge in [-0.25, -0.2) is 8.42 Å². The summed E-state index contributed by atoms with van der Waals surface area (Å²) in [4.78, 5) is 38.4. The lowest BCUT2D eigenvalue weighted by molar-refractivity contribution is -0.385. The molecule has 1 atom stereocenters. The van der Waals surface area contributed by atoms with Crippen molar-refractivity contribution in [1.29, 1.82) is 0 Å². The Morgan fingerprint density at radius 3 is 2.34 bits per heavy atom. The van der Waals surface area contributed by atoms with Crippen molar-refractivity contribution in [1.82, 2.24) is 10.2 Å². The number of halogens is 1. The van der Waals surface area contributed by atoms with E-state index in [4.69, 9.17) is 16.3 Å². The Kier molecular flexibility index (Phi) is 10.3. The van der Waals surface area contributed by atoms with Gasteiger partial charge in [-0.2, -0.15) is 0 Å². The van der Waals surface area contributed by atoms with E-state index in [9.17, 15) is 28.1 Å². The smallest absolute Gasteiger partial charge is 0.273 e. The summed E-state index contributed by atoms with van der Waals surface area (Å²) in [7, 11) is -3.05. The van der Waals surface area contributed by atoms with Gasteiger partial charge < -0.3 is 15.0 Å². The molecular weight excluding hydrogens is 572 g/mol. The number of amides is 2. The lowest BCUT2D eigenvalue weighted by Gasteiger charge is -2.32. The van der Waals surface area contributed by atoms with Gasteiger partial charge in [0.25, 0.3) is 15.7 Å². The molecular formula is C28H31ClN4O7S. The fraction of sp³-hybridized carbons (Fsp3) is 0.286. The molecule has 0 aliphatic heterocycles. The molecule has 2 amide bonds. The van der Waals surface area contributed by atoms with E-state index in [1.54, 1.807) is 31.2 Å². The molecule has 3 aromatic carbocycles. The number of carbonyl (C=O) groups excluding carboxylic acids is 2. The van der Waals surface area contributed by atoms with Crippen LogP contribution in [0, 0.1) is 17.0 Å². The fourth-order valence-corrected chi connectivity index (χ4v) is 5.70. The molecule has 1 unspecified atom stereocenters. The van der Waals surface area contributed by atoms with Gasteiger partial charge in [0.05, 0.1) is 22.6 Å². The van der Waals surface area contributed by atoms with Gasteiger partial charge in [-0.05, 0) is 62.7 Å². The third-order valence-corrected chi connectivity index (χ3v) is 8.56. The lowest BCUT2D eigenvalue weighted by atomic mass is 10.1. The zero-order valence-electron chi connectivity index (χ0n) is 23.0. The van der Waals surface area contributed by atoms with Crippen molar-refractivity contribution in [3.63, 3.8) is 0 Å². The second kappa shape index (κ2) is 13.5. The van der Waals surface area contributed by atoms with Gasteiger partial charge in [-0.15, -0.1) is 0 Å². The third-order valence-electron chi connectivity index (χ3n) is 6.42. The number of anilines is 1. The predicted molar refractivity (Wildman–Crippen MR) is 156 cm³/mol. The average molecular weight is 603 g/mol. The first kappa shape index (κ1) is 31.4. The van der Waals surface area contributed by atoms with E-state index in [-0.39, 0.29) is 28.4 Å². The van der Waals surface area contributed by atoms with Crippen LogP contribution in [-0.2, 0) is 26.2 Å². The van der Waals surface area contributed by atoms with Crippen molar-refractivity contribution < 1.29 is 27.7 Å². The molecule has 3 aromatic rings. The first-order valence-corrected chi connectivity index (χ1v) is 14.4. The van der Waals surface area contributed by atoms with Crippen molar-refractivity contribution in [3.8, 4) is 5.75 Å². The van der Waals surface area contributed by atoms with Crippen LogP contribution in [0.1, 0.15) is 25.0 Å². The number of nitrogens with one attached hydrogen (secondary N) is 1. The Morgan fingerprint density at radius 2 is 1.76 bits per heavy atom. The molecule has 0 saturated carbocycles. The monoisotopic (exact) mass is 602 g/mol. The predicted octanol–water partition coefficient (Wildman–Crippen LogP) is 4.31. The van der Waals surface area contributed by atoms with Crippen LogP contribution in [0.4, 0.5) is 11.4 Å². The summed E-state index contributed by atoms with van der Waals surface area (Å²) in [5, 5.41) is 14.6. The van der Waals surface area contributed by atoms with E-state index in [0.29, 0.717) is 22.9 Å². The normalized spacial score (nSPS) is 11.8. The maximum Gasteiger partial charge on any atom is 0.273 e. The van der Waals surface area contributed by atoms with Crippen molar-refractivity contribution in [3.05, 3.63) is 93.0 Å². The fourth-order valence-electron chi connectivity index (χ4n) is 4.07. The highest BCUT2D eigenvalue weighted by Gasteiger charge is 2.33. The number of likely N-dealkylation sites (N-methyl/N-ethyl adjacent to an activating group) is 1. The Bertz CT molecular complexity index is 1530. The number of carbonyl (C=O) groups is 2. The van der Waals surface area contributed by atoms with Crippen molar-refractivity contribution in [2.75, 3.05) is 24.5 Å². The largest absolute Gasteiger partial charge is 0.497 e. The number of aryl methyl sites for hydroxylation is 1. The zero-order chi connectivity index (χ0) is 30.3. The van der Waals surface area contributed by atoms with E-state index in [1.165, 1.54) is 62.3 Å². The Morgan fingerprint density at radius 1 is 1.10 bits per heavy atom. The summed E-state index contributed by atoms with van der Waals surface area (Å²) in [6.07, 6.45) is 0. The Balaban J connectivity index is 2.10. The molecule has 0 aliphatic carbocycles. The van der Waals surface area contributed by atoms with Gasteiger partial charge >= 0.3 is 0 Å². The van der Waals surface area contributed by atoms with Crippen LogP contribution in [0.3, 0.4) is 0 Å². The second-order valence-electron chi connectivity index (χ2n) is 9.10. The van der Waals surface area contributed by atoms with E-state index in [0.717, 1.165) is 10.4 Å². The number of sulfonamides is 1. The minimum absolute atomic E-state index is 0.0662. The van der Waals surface area contributed by atoms with E-state index >= 15 is 0 Å². The molecule has 11 nitrogen and oxygen atoms in total. The first-order chi connectivity index (χ1) is 19.4. The van der Waals surface area contributed by atoms with Gasteiger partial charge in [0.1, 0.15) is 18.3 Å². The first-order valence-electron chi connectivity index (χ1n) is 12.6. The molecule has 0 fully saturated rings. The van der Waals surface area contributed by atoms with Gasteiger partial charge in [0.2, 0.25) is 11.8 Å². The molecule has 0 aliphatic rings. The van der Waals surface area contributed by atoms with Gasteiger partial charge in [0.15, 0.2) is 0 Å². The maximum absolute atomic E-state index is 14.0. The Hall–Kier alpha value is -4.16. The summed E-state index contributed by atoms with van der Waals surface area (Å²) in [6.45, 7) is 4.33. The minimum Gasteiger partial charge on any atom is -0.497 e. The molecule has 1 N–H and O–H groups in total. The average Bonchev–Trinajstić information content (AvgIpc) is 2.95. The summed E-state index contributed by atoms with van der Waals surface area (Å²) >= 11 is 6.34. The summed E-state index contributed by atoms with van der Waals surface area (Å²) in [5.41, 5.74) is 0.581. The van der Waals surface area contributed by atoms with E-state index < -0.39 is 39.3 Å². The summed E-state index contributed by atoms with van der Waals surface area (Å²) in [5.74, 6) is -0.667. The second-order valence-corrected chi connectivity index (χ2v) is 11.4. The molecule has 13 heteroatoms. The van der Waals surface area contributed by atoms with Crippen LogP contribution in [0.25, 0.3) is 0 Å². The van der Waals surface area contributed by atoms with Crippen LogP contribution < -0.4 is 14.4 Å². The molecule has 0 heterocycles. The molecule has 0 saturated heterocycles. The molecule has 0 bridgehead atoms. The maximum atomic E-state index is 14.0. The summed E-state index contributed by atoms with van der Waals surface area (Å²) in [6, 6.07) is 15.4. The van der Waals surface area contributed by atoms with Crippen LogP contribution >= 0.6 is 11.6 Å². The molecule has 41 heavy (non-hydrogen) atoms. The van der Waals surface area contributed by atoms with Crippen molar-refractivity contribution in [2.24, 2.45) is 0 Å². The number of nitro groups is 1. The Labute approximate surface area is 243 Å². The van der Waals surface area contributed by atoms with Gasteiger partial charge in [0, 0.05) is 29.7 Å². The van der Waals surface area contributed by atoms with Crippen LogP contribution in [-0.4, -0.2) is 56.3 Å². The SMILES string of the molecule is CCNC(=O)C(C)N(Cc1ccccc1Cl)C(=O)CN(c1ccc(OC)cc1)S(=O)(=O)c1ccc(C)c([N+](=O)[O-])c1. The third kappa shape index (κ3) is 7.33. The minimum atomic E-state index is -4.50. The van der Waals surface area contributed by atoms with Crippen LogP contribution in [0.5, 0.6) is 5.75 Å². The lowest BCUT2D eigenvalue weighted by Crippen LogP contribution is -2.51. The molecule has 0 aromatic heterocycles. The molecule has 0 spiro atoms. The van der Waals surface area contributed by atoms with Crippen LogP contribution in [0.2, 0.25) is 5.02 Å². The number of hydrogen-bond donors (Lipinski definition) is 1. The van der Waals surface area contributed by atoms with Crippen molar-refractivity contribution >= 4 is 44.8 Å². The highest BCUT2D eigenvalue weighted by Crippen LogP contribution is 2.29. The highest BCUT2D eigenvalue weighted by molar-refractivity contribution is 7.92. The van der Waals surface area contributed by atoms with Gasteiger partial charge in [-0.1, -0.05) is 35.9 Å². The van der Waals surface area contributed by atoms with Crippen LogP contribution in [0.15, 0.2) is 71.6 Å². The van der Waals surface area contributed by atoms with Crippen molar-refractivity contribution in [2.45, 2.75) is 38.3 Å². The quantitative estimate of drug-likeness (QED) is 0.241. The number of ether oxygens (including phenoxy) is 1. The number of nitrogens with zero attached hydrogens (tertiary/aromatic N) is 3. The standard InChI is InChI=1S/C28H31ClN4O7S/c1-5-30-28(35)20(3)31(17-21-8-6-7-9-25(21)29)27(34)18-32(22-11-13-23(40-4)14-12-22)41(38,39)24-15-10-19(2)26(16-24)33(36)37/h6-16,20H,5,17-18H2,1-4H3,(H,30,35). The summed E-state index contributed by atoms with van der Waals surface area (Å²) < 4.78 is 33.9. The van der Waals surface area contributed by atoms with Gasteiger partial charge in [-0.3, -0.25) is 24.0 Å². The number of methoxy groups -OCH3 is 1. The number of benzene rings is 3. The number of hydrogen-bond acceptors (Lipinski definition) is 7. The highest BCUT2D eigenvalue weighted by atomic mass is 35.5. The van der Waals surface area contributed by atoms with E-state index in [1.807, 2.05) is 0 Å². The van der Waals surface area contributed by atoms with E-state index in [2.05, 4.69) is 5.32 Å². The number of nitro benzene ring substituents is 1.